The van der Waals surface area contributed by atoms with E-state index < -0.39 is 0 Å². The van der Waals surface area contributed by atoms with Crippen LogP contribution in [0.5, 0.6) is 0 Å². The highest BCUT2D eigenvalue weighted by Crippen LogP contribution is 2.26. The maximum atomic E-state index is 5.78. The minimum absolute atomic E-state index is 0.223. The first kappa shape index (κ1) is 22.3. The van der Waals surface area contributed by atoms with Gasteiger partial charge < -0.3 is 19.8 Å². The number of nitrogens with zero attached hydrogens (tertiary/aromatic N) is 3. The van der Waals surface area contributed by atoms with E-state index in [1.165, 1.54) is 24.1 Å². The first-order valence-corrected chi connectivity index (χ1v) is 12.3. The van der Waals surface area contributed by atoms with Gasteiger partial charge in [0.15, 0.2) is 5.96 Å². The molecule has 8 heteroatoms. The molecule has 2 unspecified atom stereocenters. The van der Waals surface area contributed by atoms with Gasteiger partial charge in [0.2, 0.25) is 0 Å². The smallest absolute Gasteiger partial charge is 0.191 e. The summed E-state index contributed by atoms with van der Waals surface area (Å²) in [6.45, 7) is 7.36. The van der Waals surface area contributed by atoms with Gasteiger partial charge in [0.1, 0.15) is 5.76 Å². The van der Waals surface area contributed by atoms with Gasteiger partial charge in [-0.1, -0.05) is 12.5 Å². The highest BCUT2D eigenvalue weighted by Gasteiger charge is 2.26. The summed E-state index contributed by atoms with van der Waals surface area (Å²) in [7, 11) is 1.84. The number of likely N-dealkylation sites (tertiary alicyclic amines) is 1. The zero-order valence-corrected chi connectivity index (χ0v) is 19.3. The Balaban J connectivity index is 1.36. The highest BCUT2D eigenvalue weighted by atomic mass is 32.1. The van der Waals surface area contributed by atoms with E-state index in [-0.39, 0.29) is 6.04 Å². The number of morpholine rings is 1. The molecule has 170 valence electrons. The van der Waals surface area contributed by atoms with Gasteiger partial charge in [-0.05, 0) is 49.5 Å². The fourth-order valence-corrected chi connectivity index (χ4v) is 5.37. The largest absolute Gasteiger partial charge is 0.468 e. The molecule has 2 aromatic heterocycles. The first-order chi connectivity index (χ1) is 15.3. The summed E-state index contributed by atoms with van der Waals surface area (Å²) in [4.78, 5) is 10.9. The van der Waals surface area contributed by atoms with E-state index in [0.29, 0.717) is 6.04 Å². The van der Waals surface area contributed by atoms with Crippen molar-refractivity contribution in [2.75, 3.05) is 59.5 Å². The molecule has 2 atom stereocenters. The number of thiophene rings is 1. The molecular weight excluding hydrogens is 410 g/mol. The minimum Gasteiger partial charge on any atom is -0.468 e. The molecule has 4 heterocycles. The molecule has 7 nitrogen and oxygen atoms in total. The zero-order chi connectivity index (χ0) is 21.3. The van der Waals surface area contributed by atoms with Gasteiger partial charge in [0.25, 0.3) is 0 Å². The van der Waals surface area contributed by atoms with Gasteiger partial charge in [0.05, 0.1) is 31.6 Å². The van der Waals surface area contributed by atoms with Gasteiger partial charge >= 0.3 is 0 Å². The molecule has 0 amide bonds. The van der Waals surface area contributed by atoms with Crippen LogP contribution >= 0.6 is 11.3 Å². The Bertz CT molecular complexity index is 706. The summed E-state index contributed by atoms with van der Waals surface area (Å²) in [5.41, 5.74) is 0. The van der Waals surface area contributed by atoms with E-state index in [4.69, 9.17) is 9.15 Å². The molecule has 0 aliphatic carbocycles. The second-order valence-corrected chi connectivity index (χ2v) is 9.12. The summed E-state index contributed by atoms with van der Waals surface area (Å²) >= 11 is 1.82. The van der Waals surface area contributed by atoms with E-state index >= 15 is 0 Å². The van der Waals surface area contributed by atoms with E-state index in [2.05, 4.69) is 49.0 Å². The predicted octanol–water partition coefficient (Wildman–Crippen LogP) is 3.11. The lowest BCUT2D eigenvalue weighted by atomic mass is 10.1. The Morgan fingerprint density at radius 2 is 1.74 bits per heavy atom. The van der Waals surface area contributed by atoms with Crippen LogP contribution in [0.3, 0.4) is 0 Å². The number of guanidine groups is 1. The van der Waals surface area contributed by atoms with Crippen LogP contribution in [0.1, 0.15) is 42.0 Å². The predicted molar refractivity (Wildman–Crippen MR) is 126 cm³/mol. The lowest BCUT2D eigenvalue weighted by Gasteiger charge is -2.35. The van der Waals surface area contributed by atoms with E-state index in [9.17, 15) is 0 Å². The molecule has 2 aliphatic rings. The Kier molecular flexibility index (Phi) is 8.40. The molecule has 0 bridgehead atoms. The van der Waals surface area contributed by atoms with Crippen LogP contribution < -0.4 is 10.6 Å². The Labute approximate surface area is 189 Å². The average Bonchev–Trinajstić information content (AvgIpc) is 3.54. The monoisotopic (exact) mass is 445 g/mol. The quantitative estimate of drug-likeness (QED) is 0.481. The Morgan fingerprint density at radius 3 is 2.39 bits per heavy atom. The SMILES string of the molecule is CN=C(NCC(c1ccco1)N1CCCCC1)NCC(c1cccs1)N1CCOCC1. The van der Waals surface area contributed by atoms with Crippen molar-refractivity contribution in [2.24, 2.45) is 4.99 Å². The molecule has 31 heavy (non-hydrogen) atoms. The van der Waals surface area contributed by atoms with Gasteiger partial charge in [-0.25, -0.2) is 0 Å². The van der Waals surface area contributed by atoms with Crippen molar-refractivity contribution in [3.8, 4) is 0 Å². The average molecular weight is 446 g/mol. The molecule has 0 aromatic carbocycles. The highest BCUT2D eigenvalue weighted by molar-refractivity contribution is 7.10. The van der Waals surface area contributed by atoms with Gasteiger partial charge in [-0.2, -0.15) is 0 Å². The van der Waals surface area contributed by atoms with Crippen LogP contribution in [0.2, 0.25) is 0 Å². The van der Waals surface area contributed by atoms with Crippen molar-refractivity contribution in [3.63, 3.8) is 0 Å². The lowest BCUT2D eigenvalue weighted by molar-refractivity contribution is 0.0177. The molecule has 0 spiro atoms. The van der Waals surface area contributed by atoms with Crippen LogP contribution in [0.4, 0.5) is 0 Å². The summed E-state index contributed by atoms with van der Waals surface area (Å²) in [5, 5.41) is 9.28. The third-order valence-corrected chi connectivity index (χ3v) is 7.18. The lowest BCUT2D eigenvalue weighted by Crippen LogP contribution is -2.48. The number of hydrogen-bond acceptors (Lipinski definition) is 6. The fraction of sp³-hybridized carbons (Fsp3) is 0.609. The number of hydrogen-bond donors (Lipinski definition) is 2. The topological polar surface area (TPSA) is 65.3 Å². The number of rotatable bonds is 8. The van der Waals surface area contributed by atoms with Crippen molar-refractivity contribution in [2.45, 2.75) is 31.3 Å². The van der Waals surface area contributed by atoms with Crippen molar-refractivity contribution in [1.82, 2.24) is 20.4 Å². The number of ether oxygens (including phenoxy) is 1. The molecule has 2 aromatic rings. The zero-order valence-electron chi connectivity index (χ0n) is 18.5. The molecular formula is C23H35N5O2S. The number of furan rings is 1. The van der Waals surface area contributed by atoms with Gasteiger partial charge in [-0.15, -0.1) is 11.3 Å². The van der Waals surface area contributed by atoms with Crippen LogP contribution in [0, 0.1) is 0 Å². The van der Waals surface area contributed by atoms with Gasteiger partial charge in [0, 0.05) is 38.1 Å². The van der Waals surface area contributed by atoms with Crippen LogP contribution in [-0.2, 0) is 4.74 Å². The standard InChI is InChI=1S/C23H35N5O2S/c1-24-23(25-17-19(21-7-5-13-30-21)27-9-3-2-4-10-27)26-18-20(22-8-6-16-31-22)28-11-14-29-15-12-28/h5-8,13,16,19-20H,2-4,9-12,14-15,17-18H2,1H3,(H2,24,25,26). The summed E-state index contributed by atoms with van der Waals surface area (Å²) in [6.07, 6.45) is 5.61. The third kappa shape index (κ3) is 6.10. The number of aliphatic imine (C=N–C) groups is 1. The van der Waals surface area contributed by atoms with Crippen molar-refractivity contribution in [3.05, 3.63) is 46.5 Å². The summed E-state index contributed by atoms with van der Waals surface area (Å²) in [5.74, 6) is 1.86. The van der Waals surface area contributed by atoms with Crippen LogP contribution in [0.15, 0.2) is 45.3 Å². The van der Waals surface area contributed by atoms with Crippen LogP contribution in [0.25, 0.3) is 0 Å². The van der Waals surface area contributed by atoms with E-state index in [0.717, 1.165) is 64.2 Å². The maximum Gasteiger partial charge on any atom is 0.191 e. The molecule has 4 rings (SSSR count). The van der Waals surface area contributed by atoms with Gasteiger partial charge in [-0.3, -0.25) is 14.8 Å². The molecule has 2 aliphatic heterocycles. The number of piperidine rings is 1. The van der Waals surface area contributed by atoms with Crippen molar-refractivity contribution >= 4 is 17.3 Å². The molecule has 0 saturated carbocycles. The maximum absolute atomic E-state index is 5.78. The molecule has 2 saturated heterocycles. The molecule has 0 radical (unpaired) electrons. The second kappa shape index (κ2) is 11.7. The second-order valence-electron chi connectivity index (χ2n) is 8.14. The summed E-state index contributed by atoms with van der Waals surface area (Å²) in [6, 6.07) is 8.97. The van der Waals surface area contributed by atoms with E-state index in [1.807, 2.05) is 24.5 Å². The van der Waals surface area contributed by atoms with Crippen molar-refractivity contribution in [1.29, 1.82) is 0 Å². The van der Waals surface area contributed by atoms with Crippen LogP contribution in [-0.4, -0.2) is 75.3 Å². The normalized spacial score (nSPS) is 21.0. The van der Waals surface area contributed by atoms with Crippen molar-refractivity contribution < 1.29 is 9.15 Å². The fourth-order valence-electron chi connectivity index (χ4n) is 4.51. The molecule has 2 fully saturated rings. The summed E-state index contributed by atoms with van der Waals surface area (Å²) < 4.78 is 11.3. The Hall–Kier alpha value is -1.87. The third-order valence-electron chi connectivity index (χ3n) is 6.21. The molecule has 2 N–H and O–H groups in total. The Morgan fingerprint density at radius 1 is 1.00 bits per heavy atom. The first-order valence-electron chi connectivity index (χ1n) is 11.4. The van der Waals surface area contributed by atoms with E-state index in [1.54, 1.807) is 6.26 Å². The number of nitrogens with one attached hydrogen (secondary N) is 2. The minimum atomic E-state index is 0.223.